The SMILES string of the molecule is O=C(Nc1cccc2ccccc12)c1cn(C2CCNCC2)nn1. The maximum Gasteiger partial charge on any atom is 0.277 e. The summed E-state index contributed by atoms with van der Waals surface area (Å²) in [5.41, 5.74) is 1.14. The zero-order chi connectivity index (χ0) is 16.4. The van der Waals surface area contributed by atoms with Gasteiger partial charge in [0.1, 0.15) is 0 Å². The second-order valence-corrected chi connectivity index (χ2v) is 6.05. The maximum atomic E-state index is 12.5. The lowest BCUT2D eigenvalue weighted by Gasteiger charge is -2.22. The van der Waals surface area contributed by atoms with E-state index in [2.05, 4.69) is 20.9 Å². The minimum atomic E-state index is -0.230. The number of hydrogen-bond donors (Lipinski definition) is 2. The molecule has 3 aromatic rings. The van der Waals surface area contributed by atoms with Crippen LogP contribution < -0.4 is 10.6 Å². The van der Waals surface area contributed by atoms with Crippen LogP contribution >= 0.6 is 0 Å². The number of carbonyl (C=O) groups excluding carboxylic acids is 1. The van der Waals surface area contributed by atoms with Gasteiger partial charge in [-0.25, -0.2) is 4.68 Å². The first-order valence-corrected chi connectivity index (χ1v) is 8.23. The molecule has 0 radical (unpaired) electrons. The van der Waals surface area contributed by atoms with Crippen molar-refractivity contribution in [1.82, 2.24) is 20.3 Å². The number of amides is 1. The normalized spacial score (nSPS) is 15.5. The average Bonchev–Trinajstić information content (AvgIpc) is 3.13. The van der Waals surface area contributed by atoms with Crippen molar-refractivity contribution in [2.45, 2.75) is 18.9 Å². The van der Waals surface area contributed by atoms with Crippen molar-refractivity contribution in [3.8, 4) is 0 Å². The predicted octanol–water partition coefficient (Wildman–Crippen LogP) is 2.61. The van der Waals surface area contributed by atoms with Gasteiger partial charge in [0, 0.05) is 11.1 Å². The third kappa shape index (κ3) is 2.88. The Morgan fingerprint density at radius 1 is 1.12 bits per heavy atom. The number of carbonyl (C=O) groups is 1. The summed E-state index contributed by atoms with van der Waals surface area (Å²) in [6.45, 7) is 1.95. The topological polar surface area (TPSA) is 71.8 Å². The van der Waals surface area contributed by atoms with Crippen molar-refractivity contribution < 1.29 is 4.79 Å². The van der Waals surface area contributed by atoms with E-state index >= 15 is 0 Å². The fourth-order valence-corrected chi connectivity index (χ4v) is 3.15. The van der Waals surface area contributed by atoms with E-state index in [4.69, 9.17) is 0 Å². The summed E-state index contributed by atoms with van der Waals surface area (Å²) in [4.78, 5) is 12.5. The molecular formula is C18H19N5O. The lowest BCUT2D eigenvalue weighted by molar-refractivity contribution is 0.102. The molecule has 24 heavy (non-hydrogen) atoms. The number of rotatable bonds is 3. The summed E-state index contributed by atoms with van der Waals surface area (Å²) in [5, 5.41) is 16.6. The maximum absolute atomic E-state index is 12.5. The van der Waals surface area contributed by atoms with E-state index in [1.165, 1.54) is 0 Å². The van der Waals surface area contributed by atoms with Gasteiger partial charge in [-0.3, -0.25) is 4.79 Å². The van der Waals surface area contributed by atoms with Crippen LogP contribution in [-0.2, 0) is 0 Å². The Kier molecular flexibility index (Phi) is 3.96. The molecule has 2 aromatic carbocycles. The molecule has 0 spiro atoms. The molecule has 122 valence electrons. The number of benzene rings is 2. The molecule has 1 saturated heterocycles. The quantitative estimate of drug-likeness (QED) is 0.778. The minimum absolute atomic E-state index is 0.230. The van der Waals surface area contributed by atoms with Crippen LogP contribution in [0.3, 0.4) is 0 Å². The van der Waals surface area contributed by atoms with Gasteiger partial charge < -0.3 is 10.6 Å². The highest BCUT2D eigenvalue weighted by molar-refractivity contribution is 6.08. The van der Waals surface area contributed by atoms with E-state index in [1.54, 1.807) is 6.20 Å². The highest BCUT2D eigenvalue weighted by atomic mass is 16.2. The molecule has 2 heterocycles. The number of anilines is 1. The van der Waals surface area contributed by atoms with E-state index in [9.17, 15) is 4.79 Å². The number of nitrogens with zero attached hydrogens (tertiary/aromatic N) is 3. The van der Waals surface area contributed by atoms with E-state index in [0.29, 0.717) is 11.7 Å². The first-order valence-electron chi connectivity index (χ1n) is 8.23. The molecule has 6 nitrogen and oxygen atoms in total. The van der Waals surface area contributed by atoms with E-state index in [0.717, 1.165) is 42.4 Å². The predicted molar refractivity (Wildman–Crippen MR) is 93.1 cm³/mol. The summed E-state index contributed by atoms with van der Waals surface area (Å²) in [5.74, 6) is -0.230. The molecule has 0 aliphatic carbocycles. The highest BCUT2D eigenvalue weighted by Gasteiger charge is 2.19. The van der Waals surface area contributed by atoms with Crippen molar-refractivity contribution in [2.24, 2.45) is 0 Å². The Morgan fingerprint density at radius 3 is 2.79 bits per heavy atom. The van der Waals surface area contributed by atoms with Gasteiger partial charge in [-0.2, -0.15) is 0 Å². The zero-order valence-corrected chi connectivity index (χ0v) is 13.3. The molecule has 6 heteroatoms. The summed E-state index contributed by atoms with van der Waals surface area (Å²) in [6.07, 6.45) is 3.76. The number of piperidine rings is 1. The van der Waals surface area contributed by atoms with Crippen molar-refractivity contribution in [3.05, 3.63) is 54.4 Å². The number of aromatic nitrogens is 3. The molecular weight excluding hydrogens is 302 g/mol. The van der Waals surface area contributed by atoms with Gasteiger partial charge in [0.15, 0.2) is 5.69 Å². The van der Waals surface area contributed by atoms with Crippen LogP contribution in [0.5, 0.6) is 0 Å². The molecule has 1 aliphatic rings. The first kappa shape index (κ1) is 14.8. The molecule has 4 rings (SSSR count). The zero-order valence-electron chi connectivity index (χ0n) is 13.3. The molecule has 0 atom stereocenters. The van der Waals surface area contributed by atoms with Gasteiger partial charge in [0.05, 0.1) is 12.2 Å². The molecule has 2 N–H and O–H groups in total. The van der Waals surface area contributed by atoms with Gasteiger partial charge in [0.25, 0.3) is 5.91 Å². The Balaban J connectivity index is 1.54. The monoisotopic (exact) mass is 321 g/mol. The fourth-order valence-electron chi connectivity index (χ4n) is 3.15. The van der Waals surface area contributed by atoms with Crippen LogP contribution in [-0.4, -0.2) is 34.0 Å². The molecule has 0 unspecified atom stereocenters. The average molecular weight is 321 g/mol. The smallest absolute Gasteiger partial charge is 0.277 e. The highest BCUT2D eigenvalue weighted by Crippen LogP contribution is 2.23. The van der Waals surface area contributed by atoms with E-state index in [-0.39, 0.29) is 5.91 Å². The summed E-state index contributed by atoms with van der Waals surface area (Å²) in [7, 11) is 0. The third-order valence-electron chi connectivity index (χ3n) is 4.46. The van der Waals surface area contributed by atoms with Gasteiger partial charge >= 0.3 is 0 Å². The lowest BCUT2D eigenvalue weighted by atomic mass is 10.1. The largest absolute Gasteiger partial charge is 0.320 e. The molecule has 0 bridgehead atoms. The van der Waals surface area contributed by atoms with Crippen molar-refractivity contribution in [3.63, 3.8) is 0 Å². The fraction of sp³-hybridized carbons (Fsp3) is 0.278. The second-order valence-electron chi connectivity index (χ2n) is 6.05. The van der Waals surface area contributed by atoms with E-state index in [1.807, 2.05) is 47.1 Å². The molecule has 0 saturated carbocycles. The minimum Gasteiger partial charge on any atom is -0.320 e. The Morgan fingerprint density at radius 2 is 1.92 bits per heavy atom. The van der Waals surface area contributed by atoms with Gasteiger partial charge in [-0.1, -0.05) is 41.6 Å². The van der Waals surface area contributed by atoms with Crippen molar-refractivity contribution in [2.75, 3.05) is 18.4 Å². The van der Waals surface area contributed by atoms with Crippen LogP contribution in [0, 0.1) is 0 Å². The molecule has 1 fully saturated rings. The summed E-state index contributed by atoms with van der Waals surface area (Å²) in [6, 6.07) is 14.1. The molecule has 1 amide bonds. The van der Waals surface area contributed by atoms with Crippen LogP contribution in [0.15, 0.2) is 48.7 Å². The van der Waals surface area contributed by atoms with Gasteiger partial charge in [-0.05, 0) is 37.4 Å². The van der Waals surface area contributed by atoms with Crippen LogP contribution in [0.2, 0.25) is 0 Å². The Hall–Kier alpha value is -2.73. The van der Waals surface area contributed by atoms with Crippen molar-refractivity contribution >= 4 is 22.4 Å². The number of fused-ring (bicyclic) bond motifs is 1. The first-order chi connectivity index (χ1) is 11.8. The standard InChI is InChI=1S/C18H19N5O/c24-18(17-12-23(22-21-17)14-8-10-19-11-9-14)20-16-7-3-5-13-4-1-2-6-15(13)16/h1-7,12,14,19H,8-11H2,(H,20,24). The van der Waals surface area contributed by atoms with Gasteiger partial charge in [-0.15, -0.1) is 5.10 Å². The van der Waals surface area contributed by atoms with Crippen LogP contribution in [0.25, 0.3) is 10.8 Å². The van der Waals surface area contributed by atoms with Gasteiger partial charge in [0.2, 0.25) is 0 Å². The second kappa shape index (κ2) is 6.41. The Bertz CT molecular complexity index is 861. The van der Waals surface area contributed by atoms with Crippen molar-refractivity contribution in [1.29, 1.82) is 0 Å². The molecule has 1 aromatic heterocycles. The van der Waals surface area contributed by atoms with Crippen LogP contribution in [0.1, 0.15) is 29.4 Å². The Labute approximate surface area is 139 Å². The number of hydrogen-bond acceptors (Lipinski definition) is 4. The number of nitrogens with one attached hydrogen (secondary N) is 2. The molecule has 1 aliphatic heterocycles. The summed E-state index contributed by atoms with van der Waals surface area (Å²) < 4.78 is 1.82. The summed E-state index contributed by atoms with van der Waals surface area (Å²) >= 11 is 0. The van der Waals surface area contributed by atoms with Crippen LogP contribution in [0.4, 0.5) is 5.69 Å². The lowest BCUT2D eigenvalue weighted by Crippen LogP contribution is -2.29. The third-order valence-corrected chi connectivity index (χ3v) is 4.46. The van der Waals surface area contributed by atoms with E-state index < -0.39 is 0 Å².